The van der Waals surface area contributed by atoms with E-state index in [1.54, 1.807) is 0 Å². The van der Waals surface area contributed by atoms with Crippen LogP contribution in [0.2, 0.25) is 0 Å². The van der Waals surface area contributed by atoms with E-state index in [1.807, 2.05) is 36.4 Å². The molecule has 124 valence electrons. The average Bonchev–Trinajstić information content (AvgIpc) is 2.57. The van der Waals surface area contributed by atoms with E-state index in [-0.39, 0.29) is 6.10 Å². The predicted octanol–water partition coefficient (Wildman–Crippen LogP) is 5.05. The highest BCUT2D eigenvalue weighted by Gasteiger charge is 2.08. The van der Waals surface area contributed by atoms with Crippen molar-refractivity contribution in [3.05, 3.63) is 54.1 Å². The molecule has 1 atom stereocenters. The van der Waals surface area contributed by atoms with E-state index in [1.165, 1.54) is 5.56 Å². The fraction of sp³-hybridized carbons (Fsp3) is 0.400. The molecule has 0 aliphatic carbocycles. The second-order valence-electron chi connectivity index (χ2n) is 5.72. The third-order valence-corrected chi connectivity index (χ3v) is 3.61. The van der Waals surface area contributed by atoms with E-state index < -0.39 is 0 Å². The number of ether oxygens (including phenoxy) is 2. The molecule has 3 heteroatoms. The van der Waals surface area contributed by atoms with E-state index in [4.69, 9.17) is 9.47 Å². The van der Waals surface area contributed by atoms with Crippen molar-refractivity contribution in [3.63, 3.8) is 0 Å². The molecular weight excluding hydrogens is 286 g/mol. The van der Waals surface area contributed by atoms with Gasteiger partial charge in [0.25, 0.3) is 0 Å². The van der Waals surface area contributed by atoms with Crippen molar-refractivity contribution >= 4 is 5.69 Å². The number of anilines is 1. The fourth-order valence-electron chi connectivity index (χ4n) is 2.27. The standard InChI is InChI=1S/C20H27NO2/c1-4-13-22-19-11-9-17(10-12-19)21-15-18(5-2)23-20-8-6-7-16(3)14-20/h6-12,14,18,21H,4-5,13,15H2,1-3H3. The number of nitrogens with one attached hydrogen (secondary N) is 1. The highest BCUT2D eigenvalue weighted by molar-refractivity contribution is 5.46. The Bertz CT molecular complexity index is 580. The van der Waals surface area contributed by atoms with Crippen LogP contribution in [0.25, 0.3) is 0 Å². The number of hydrogen-bond acceptors (Lipinski definition) is 3. The molecule has 0 aliphatic heterocycles. The van der Waals surface area contributed by atoms with Gasteiger partial charge in [-0.1, -0.05) is 26.0 Å². The first-order chi connectivity index (χ1) is 11.2. The molecule has 2 rings (SSSR count). The van der Waals surface area contributed by atoms with E-state index in [2.05, 4.69) is 38.2 Å². The first-order valence-corrected chi connectivity index (χ1v) is 8.41. The molecule has 0 fully saturated rings. The van der Waals surface area contributed by atoms with Gasteiger partial charge in [0.1, 0.15) is 17.6 Å². The Morgan fingerprint density at radius 3 is 2.43 bits per heavy atom. The quantitative estimate of drug-likeness (QED) is 0.702. The third kappa shape index (κ3) is 5.85. The van der Waals surface area contributed by atoms with E-state index in [0.29, 0.717) is 0 Å². The normalized spacial score (nSPS) is 11.8. The lowest BCUT2D eigenvalue weighted by atomic mass is 10.2. The highest BCUT2D eigenvalue weighted by atomic mass is 16.5. The van der Waals surface area contributed by atoms with Gasteiger partial charge in [0, 0.05) is 5.69 Å². The maximum absolute atomic E-state index is 6.06. The maximum atomic E-state index is 6.06. The van der Waals surface area contributed by atoms with Crippen molar-refractivity contribution < 1.29 is 9.47 Å². The number of aryl methyl sites for hydroxylation is 1. The summed E-state index contributed by atoms with van der Waals surface area (Å²) >= 11 is 0. The lowest BCUT2D eigenvalue weighted by Crippen LogP contribution is -2.25. The van der Waals surface area contributed by atoms with Crippen LogP contribution in [-0.4, -0.2) is 19.3 Å². The maximum Gasteiger partial charge on any atom is 0.120 e. The molecule has 0 heterocycles. The molecule has 2 aromatic carbocycles. The lowest BCUT2D eigenvalue weighted by molar-refractivity contribution is 0.210. The third-order valence-electron chi connectivity index (χ3n) is 3.61. The van der Waals surface area contributed by atoms with Crippen LogP contribution in [0.15, 0.2) is 48.5 Å². The average molecular weight is 313 g/mol. The molecule has 1 unspecified atom stereocenters. The molecule has 0 radical (unpaired) electrons. The Kier molecular flexibility index (Phi) is 6.79. The molecule has 3 nitrogen and oxygen atoms in total. The lowest BCUT2D eigenvalue weighted by Gasteiger charge is -2.19. The summed E-state index contributed by atoms with van der Waals surface area (Å²) in [5.74, 6) is 1.85. The van der Waals surface area contributed by atoms with Gasteiger partial charge in [-0.25, -0.2) is 0 Å². The predicted molar refractivity (Wildman–Crippen MR) is 96.6 cm³/mol. The molecule has 0 saturated heterocycles. The van der Waals surface area contributed by atoms with Gasteiger partial charge in [0.15, 0.2) is 0 Å². The van der Waals surface area contributed by atoms with Gasteiger partial charge >= 0.3 is 0 Å². The molecule has 0 saturated carbocycles. The molecule has 0 spiro atoms. The summed E-state index contributed by atoms with van der Waals surface area (Å²) < 4.78 is 11.7. The van der Waals surface area contributed by atoms with Crippen LogP contribution in [0.5, 0.6) is 11.5 Å². The Balaban J connectivity index is 1.85. The summed E-state index contributed by atoms with van der Waals surface area (Å²) in [6.07, 6.45) is 2.13. The van der Waals surface area contributed by atoms with Crippen LogP contribution in [0.4, 0.5) is 5.69 Å². The summed E-state index contributed by atoms with van der Waals surface area (Å²) in [7, 11) is 0. The van der Waals surface area contributed by atoms with Gasteiger partial charge in [0.2, 0.25) is 0 Å². The van der Waals surface area contributed by atoms with Gasteiger partial charge in [0.05, 0.1) is 13.2 Å². The van der Waals surface area contributed by atoms with Gasteiger partial charge in [-0.05, 0) is 61.7 Å². The van der Waals surface area contributed by atoms with Crippen LogP contribution in [0.1, 0.15) is 32.3 Å². The van der Waals surface area contributed by atoms with Crippen molar-refractivity contribution in [1.29, 1.82) is 0 Å². The van der Waals surface area contributed by atoms with Gasteiger partial charge in [-0.2, -0.15) is 0 Å². The summed E-state index contributed by atoms with van der Waals surface area (Å²) in [4.78, 5) is 0. The second kappa shape index (κ2) is 9.09. The van der Waals surface area contributed by atoms with Gasteiger partial charge in [-0.3, -0.25) is 0 Å². The number of benzene rings is 2. The van der Waals surface area contributed by atoms with E-state index >= 15 is 0 Å². The molecule has 0 amide bonds. The smallest absolute Gasteiger partial charge is 0.120 e. The Morgan fingerprint density at radius 2 is 1.78 bits per heavy atom. The van der Waals surface area contributed by atoms with Crippen LogP contribution in [0.3, 0.4) is 0 Å². The summed E-state index contributed by atoms with van der Waals surface area (Å²) in [5, 5.41) is 3.43. The summed E-state index contributed by atoms with van der Waals surface area (Å²) in [6, 6.07) is 16.3. The number of hydrogen-bond donors (Lipinski definition) is 1. The molecule has 23 heavy (non-hydrogen) atoms. The molecular formula is C20H27NO2. The first kappa shape index (κ1) is 17.2. The van der Waals surface area contributed by atoms with Gasteiger partial charge in [-0.15, -0.1) is 0 Å². The minimum absolute atomic E-state index is 0.146. The zero-order valence-corrected chi connectivity index (χ0v) is 14.3. The summed E-state index contributed by atoms with van der Waals surface area (Å²) in [5.41, 5.74) is 2.30. The second-order valence-corrected chi connectivity index (χ2v) is 5.72. The van der Waals surface area contributed by atoms with Gasteiger partial charge < -0.3 is 14.8 Å². The van der Waals surface area contributed by atoms with Crippen molar-refractivity contribution in [2.75, 3.05) is 18.5 Å². The van der Waals surface area contributed by atoms with Crippen LogP contribution in [-0.2, 0) is 0 Å². The van der Waals surface area contributed by atoms with E-state index in [0.717, 1.165) is 43.2 Å². The Hall–Kier alpha value is -2.16. The summed E-state index contributed by atoms with van der Waals surface area (Å²) in [6.45, 7) is 7.86. The van der Waals surface area contributed by atoms with Crippen LogP contribution in [0, 0.1) is 6.92 Å². The largest absolute Gasteiger partial charge is 0.494 e. The zero-order chi connectivity index (χ0) is 16.5. The minimum Gasteiger partial charge on any atom is -0.494 e. The van der Waals surface area contributed by atoms with Crippen molar-refractivity contribution in [1.82, 2.24) is 0 Å². The Labute approximate surface area is 139 Å². The molecule has 0 bridgehead atoms. The monoisotopic (exact) mass is 313 g/mol. The van der Waals surface area contributed by atoms with Crippen LogP contribution >= 0.6 is 0 Å². The molecule has 2 aromatic rings. The molecule has 0 aromatic heterocycles. The van der Waals surface area contributed by atoms with Crippen molar-refractivity contribution in [2.24, 2.45) is 0 Å². The van der Waals surface area contributed by atoms with Crippen molar-refractivity contribution in [3.8, 4) is 11.5 Å². The fourth-order valence-corrected chi connectivity index (χ4v) is 2.27. The zero-order valence-electron chi connectivity index (χ0n) is 14.3. The minimum atomic E-state index is 0.146. The highest BCUT2D eigenvalue weighted by Crippen LogP contribution is 2.18. The van der Waals surface area contributed by atoms with Crippen molar-refractivity contribution in [2.45, 2.75) is 39.7 Å². The first-order valence-electron chi connectivity index (χ1n) is 8.41. The van der Waals surface area contributed by atoms with Crippen LogP contribution < -0.4 is 14.8 Å². The topological polar surface area (TPSA) is 30.5 Å². The molecule has 1 N–H and O–H groups in total. The SMILES string of the molecule is CCCOc1ccc(NCC(CC)Oc2cccc(C)c2)cc1. The Morgan fingerprint density at radius 1 is 1.00 bits per heavy atom. The number of rotatable bonds is 9. The molecule has 0 aliphatic rings. The van der Waals surface area contributed by atoms with E-state index in [9.17, 15) is 0 Å².